The summed E-state index contributed by atoms with van der Waals surface area (Å²) in [5.74, 6) is -0.914. The minimum absolute atomic E-state index is 0.0243. The molecule has 1 amide bonds. The predicted molar refractivity (Wildman–Crippen MR) is 87.8 cm³/mol. The average molecular weight is 315 g/mol. The van der Waals surface area contributed by atoms with E-state index in [9.17, 15) is 9.59 Å². The molecule has 0 aromatic rings. The minimum Gasteiger partial charge on any atom is -0.481 e. The van der Waals surface area contributed by atoms with Gasteiger partial charge in [-0.05, 0) is 12.8 Å². The van der Waals surface area contributed by atoms with Crippen LogP contribution in [0.3, 0.4) is 0 Å². The number of carbonyl (C=O) groups is 2. The topological polar surface area (TPSA) is 77.8 Å². The highest BCUT2D eigenvalue weighted by Crippen LogP contribution is 2.09. The van der Waals surface area contributed by atoms with E-state index >= 15 is 0 Å². The fourth-order valence-electron chi connectivity index (χ4n) is 2.47. The molecule has 2 N–H and O–H groups in total. The van der Waals surface area contributed by atoms with Crippen molar-refractivity contribution in [2.75, 3.05) is 19.7 Å². The van der Waals surface area contributed by atoms with Crippen molar-refractivity contribution in [2.24, 2.45) is 0 Å². The van der Waals surface area contributed by atoms with Crippen LogP contribution in [0.5, 0.6) is 0 Å². The van der Waals surface area contributed by atoms with E-state index in [-0.39, 0.29) is 25.4 Å². The Morgan fingerprint density at radius 1 is 0.818 bits per heavy atom. The standard InChI is InChI=1S/C17H33NO4/c1-2-3-4-5-6-7-8-9-13-18(14-15-19)16(20)11-10-12-17(21)22/h19H,2-15H2,1H3,(H,21,22). The van der Waals surface area contributed by atoms with E-state index in [4.69, 9.17) is 10.2 Å². The van der Waals surface area contributed by atoms with Gasteiger partial charge in [0, 0.05) is 25.9 Å². The van der Waals surface area contributed by atoms with Crippen LogP contribution in [0.2, 0.25) is 0 Å². The van der Waals surface area contributed by atoms with E-state index in [1.807, 2.05) is 0 Å². The zero-order valence-corrected chi connectivity index (χ0v) is 14.1. The van der Waals surface area contributed by atoms with Crippen molar-refractivity contribution in [3.63, 3.8) is 0 Å². The van der Waals surface area contributed by atoms with Crippen molar-refractivity contribution in [3.05, 3.63) is 0 Å². The van der Waals surface area contributed by atoms with Crippen LogP contribution in [-0.4, -0.2) is 46.7 Å². The fourth-order valence-corrected chi connectivity index (χ4v) is 2.47. The Labute approximate surface area is 134 Å². The van der Waals surface area contributed by atoms with Gasteiger partial charge in [0.25, 0.3) is 0 Å². The largest absolute Gasteiger partial charge is 0.481 e. The Morgan fingerprint density at radius 3 is 1.95 bits per heavy atom. The number of carboxylic acids is 1. The highest BCUT2D eigenvalue weighted by Gasteiger charge is 2.12. The first-order valence-corrected chi connectivity index (χ1v) is 8.72. The van der Waals surface area contributed by atoms with Crippen molar-refractivity contribution in [1.29, 1.82) is 0 Å². The Morgan fingerprint density at radius 2 is 1.41 bits per heavy atom. The van der Waals surface area contributed by atoms with Crippen molar-refractivity contribution in [2.45, 2.75) is 77.6 Å². The van der Waals surface area contributed by atoms with Gasteiger partial charge in [0.05, 0.1) is 6.61 Å². The lowest BCUT2D eigenvalue weighted by molar-refractivity contribution is -0.137. The first-order chi connectivity index (χ1) is 10.6. The van der Waals surface area contributed by atoms with Crippen LogP contribution in [0.1, 0.15) is 77.6 Å². The number of hydrogen-bond acceptors (Lipinski definition) is 3. The Balaban J connectivity index is 3.74. The molecule has 0 aliphatic heterocycles. The molecule has 0 heterocycles. The van der Waals surface area contributed by atoms with Gasteiger partial charge in [-0.15, -0.1) is 0 Å². The lowest BCUT2D eigenvalue weighted by Crippen LogP contribution is -2.34. The molecule has 5 nitrogen and oxygen atoms in total. The SMILES string of the molecule is CCCCCCCCCCN(CCO)C(=O)CCCC(=O)O. The molecule has 0 atom stereocenters. The number of aliphatic hydroxyl groups excluding tert-OH is 1. The Hall–Kier alpha value is -1.10. The molecule has 0 aromatic carbocycles. The summed E-state index contributed by atoms with van der Waals surface area (Å²) in [4.78, 5) is 24.1. The molecule has 5 heteroatoms. The van der Waals surface area contributed by atoms with Crippen LogP contribution in [0, 0.1) is 0 Å². The first-order valence-electron chi connectivity index (χ1n) is 8.72. The van der Waals surface area contributed by atoms with Crippen molar-refractivity contribution < 1.29 is 19.8 Å². The fraction of sp³-hybridized carbons (Fsp3) is 0.882. The molecule has 22 heavy (non-hydrogen) atoms. The summed E-state index contributed by atoms with van der Waals surface area (Å²) in [6.45, 7) is 3.19. The number of hydrogen-bond donors (Lipinski definition) is 2. The van der Waals surface area contributed by atoms with Crippen molar-refractivity contribution in [1.82, 2.24) is 4.90 Å². The maximum atomic E-state index is 12.0. The smallest absolute Gasteiger partial charge is 0.303 e. The summed E-state index contributed by atoms with van der Waals surface area (Å²) in [6, 6.07) is 0. The molecular formula is C17H33NO4. The molecule has 0 aliphatic rings. The molecule has 0 aromatic heterocycles. The third-order valence-corrected chi connectivity index (χ3v) is 3.79. The molecule has 0 saturated carbocycles. The molecule has 0 radical (unpaired) electrons. The maximum Gasteiger partial charge on any atom is 0.303 e. The van der Waals surface area contributed by atoms with Crippen LogP contribution in [0.15, 0.2) is 0 Å². The molecule has 0 fully saturated rings. The zero-order chi connectivity index (χ0) is 16.6. The third kappa shape index (κ3) is 12.6. The lowest BCUT2D eigenvalue weighted by atomic mass is 10.1. The molecule has 130 valence electrons. The molecular weight excluding hydrogens is 282 g/mol. The number of carboxylic acid groups (broad SMARTS) is 1. The summed E-state index contributed by atoms with van der Waals surface area (Å²) in [7, 11) is 0. The van der Waals surface area contributed by atoms with Crippen LogP contribution in [-0.2, 0) is 9.59 Å². The normalized spacial score (nSPS) is 10.6. The second-order valence-corrected chi connectivity index (χ2v) is 5.83. The molecule has 0 bridgehead atoms. The van der Waals surface area contributed by atoms with Gasteiger partial charge in [0.15, 0.2) is 0 Å². The third-order valence-electron chi connectivity index (χ3n) is 3.79. The Bertz CT molecular complexity index is 294. The monoisotopic (exact) mass is 315 g/mol. The van der Waals surface area contributed by atoms with Gasteiger partial charge in [0.1, 0.15) is 0 Å². The first kappa shape index (κ1) is 20.9. The summed E-state index contributed by atoms with van der Waals surface area (Å²) in [6.07, 6.45) is 10.4. The lowest BCUT2D eigenvalue weighted by Gasteiger charge is -2.21. The van der Waals surface area contributed by atoms with E-state index in [0.717, 1.165) is 12.8 Å². The van der Waals surface area contributed by atoms with E-state index in [1.54, 1.807) is 4.90 Å². The van der Waals surface area contributed by atoms with Crippen molar-refractivity contribution in [3.8, 4) is 0 Å². The van der Waals surface area contributed by atoms with E-state index in [0.29, 0.717) is 19.5 Å². The number of aliphatic hydroxyl groups is 1. The van der Waals surface area contributed by atoms with E-state index in [1.165, 1.54) is 38.5 Å². The van der Waals surface area contributed by atoms with Gasteiger partial charge >= 0.3 is 5.97 Å². The van der Waals surface area contributed by atoms with Gasteiger partial charge in [-0.25, -0.2) is 0 Å². The molecule has 0 rings (SSSR count). The van der Waals surface area contributed by atoms with Crippen LogP contribution >= 0.6 is 0 Å². The van der Waals surface area contributed by atoms with Gasteiger partial charge in [-0.3, -0.25) is 9.59 Å². The second-order valence-electron chi connectivity index (χ2n) is 5.83. The highest BCUT2D eigenvalue weighted by molar-refractivity contribution is 5.77. The van der Waals surface area contributed by atoms with Crippen LogP contribution in [0.25, 0.3) is 0 Å². The Kier molecular flexibility index (Phi) is 14.1. The maximum absolute atomic E-state index is 12.0. The zero-order valence-electron chi connectivity index (χ0n) is 14.1. The second kappa shape index (κ2) is 14.8. The number of rotatable bonds is 15. The predicted octanol–water partition coefficient (Wildman–Crippen LogP) is 3.20. The van der Waals surface area contributed by atoms with Crippen LogP contribution < -0.4 is 0 Å². The minimum atomic E-state index is -0.871. The molecule has 0 aliphatic carbocycles. The summed E-state index contributed by atoms with van der Waals surface area (Å²) < 4.78 is 0. The van der Waals surface area contributed by atoms with Crippen LogP contribution in [0.4, 0.5) is 0 Å². The quantitative estimate of drug-likeness (QED) is 0.455. The number of amides is 1. The summed E-state index contributed by atoms with van der Waals surface area (Å²) >= 11 is 0. The van der Waals surface area contributed by atoms with Gasteiger partial charge in [-0.1, -0.05) is 51.9 Å². The van der Waals surface area contributed by atoms with Gasteiger partial charge in [-0.2, -0.15) is 0 Å². The molecule has 0 spiro atoms. The van der Waals surface area contributed by atoms with Crippen molar-refractivity contribution >= 4 is 11.9 Å². The number of carbonyl (C=O) groups excluding carboxylic acids is 1. The number of nitrogens with zero attached hydrogens (tertiary/aromatic N) is 1. The molecule has 0 saturated heterocycles. The number of aliphatic carboxylic acids is 1. The van der Waals surface area contributed by atoms with Gasteiger partial charge < -0.3 is 15.1 Å². The number of unbranched alkanes of at least 4 members (excludes halogenated alkanes) is 7. The summed E-state index contributed by atoms with van der Waals surface area (Å²) in [5.41, 5.74) is 0. The van der Waals surface area contributed by atoms with E-state index < -0.39 is 5.97 Å². The highest BCUT2D eigenvalue weighted by atomic mass is 16.4. The average Bonchev–Trinajstić information content (AvgIpc) is 2.48. The van der Waals surface area contributed by atoms with E-state index in [2.05, 4.69) is 6.92 Å². The molecule has 0 unspecified atom stereocenters. The van der Waals surface area contributed by atoms with Gasteiger partial charge in [0.2, 0.25) is 5.91 Å². The summed E-state index contributed by atoms with van der Waals surface area (Å²) in [5, 5.41) is 17.6.